The van der Waals surface area contributed by atoms with Gasteiger partial charge in [-0.1, -0.05) is 17.7 Å². The second kappa shape index (κ2) is 6.00. The monoisotopic (exact) mass is 286 g/mol. The summed E-state index contributed by atoms with van der Waals surface area (Å²) in [6.07, 6.45) is 1.07. The van der Waals surface area contributed by atoms with Crippen LogP contribution in [0.1, 0.15) is 15.9 Å². The lowest BCUT2D eigenvalue weighted by atomic mass is 10.2. The maximum Gasteiger partial charge on any atom is 0.300 e. The van der Waals surface area contributed by atoms with Crippen molar-refractivity contribution >= 4 is 23.1 Å². The first kappa shape index (κ1) is 14.4. The average molecular weight is 286 g/mol. The lowest BCUT2D eigenvalue weighted by Gasteiger charge is -2.07. The van der Waals surface area contributed by atoms with Crippen molar-refractivity contribution in [2.45, 2.75) is 6.92 Å². The van der Waals surface area contributed by atoms with Gasteiger partial charge in [0.05, 0.1) is 4.92 Å². The summed E-state index contributed by atoms with van der Waals surface area (Å²) in [5, 5.41) is 16.4. The minimum atomic E-state index is -0.628. The van der Waals surface area contributed by atoms with Gasteiger partial charge < -0.3 is 10.6 Å². The number of carbonyl (C=O) groups excluding carboxylic acids is 1. The van der Waals surface area contributed by atoms with Crippen molar-refractivity contribution in [3.8, 4) is 0 Å². The van der Waals surface area contributed by atoms with E-state index in [0.717, 1.165) is 11.8 Å². The molecule has 0 radical (unpaired) electrons. The van der Waals surface area contributed by atoms with Gasteiger partial charge in [-0.25, -0.2) is 4.98 Å². The maximum absolute atomic E-state index is 12.2. The van der Waals surface area contributed by atoms with Gasteiger partial charge in [0.2, 0.25) is 0 Å². The Hall–Kier alpha value is -2.96. The molecule has 108 valence electrons. The van der Waals surface area contributed by atoms with Crippen LogP contribution in [0.2, 0.25) is 0 Å². The van der Waals surface area contributed by atoms with E-state index in [1.807, 2.05) is 19.1 Å². The van der Waals surface area contributed by atoms with Crippen molar-refractivity contribution in [1.82, 2.24) is 4.98 Å². The quantitative estimate of drug-likeness (QED) is 0.665. The molecule has 0 bridgehead atoms. The van der Waals surface area contributed by atoms with Gasteiger partial charge in [-0.15, -0.1) is 0 Å². The molecule has 1 aromatic heterocycles. The van der Waals surface area contributed by atoms with E-state index in [2.05, 4.69) is 15.6 Å². The van der Waals surface area contributed by atoms with Crippen molar-refractivity contribution in [2.24, 2.45) is 0 Å². The van der Waals surface area contributed by atoms with Gasteiger partial charge in [-0.2, -0.15) is 0 Å². The Bertz CT molecular complexity index is 683. The van der Waals surface area contributed by atoms with E-state index >= 15 is 0 Å². The highest BCUT2D eigenvalue weighted by atomic mass is 16.6. The number of aromatic nitrogens is 1. The van der Waals surface area contributed by atoms with E-state index in [0.29, 0.717) is 11.5 Å². The zero-order valence-electron chi connectivity index (χ0n) is 11.6. The number of anilines is 2. The smallest absolute Gasteiger partial charge is 0.300 e. The van der Waals surface area contributed by atoms with Gasteiger partial charge in [0, 0.05) is 18.8 Å². The molecule has 2 rings (SSSR count). The minimum Gasteiger partial charge on any atom is -0.373 e. The van der Waals surface area contributed by atoms with Crippen molar-refractivity contribution in [1.29, 1.82) is 0 Å². The first-order valence-electron chi connectivity index (χ1n) is 6.21. The summed E-state index contributed by atoms with van der Waals surface area (Å²) in [5.41, 5.74) is 1.25. The molecular weight excluding hydrogens is 272 g/mol. The Morgan fingerprint density at radius 3 is 2.52 bits per heavy atom. The lowest BCUT2D eigenvalue weighted by molar-refractivity contribution is -0.385. The molecule has 0 aliphatic rings. The molecule has 0 aliphatic heterocycles. The fraction of sp³-hybridized carbons (Fsp3) is 0.143. The van der Waals surface area contributed by atoms with Crippen molar-refractivity contribution < 1.29 is 9.72 Å². The van der Waals surface area contributed by atoms with Crippen molar-refractivity contribution in [3.05, 3.63) is 57.8 Å². The first-order chi connectivity index (χ1) is 10.0. The molecule has 2 aromatic rings. The number of aryl methyl sites for hydroxylation is 1. The highest BCUT2D eigenvalue weighted by molar-refractivity contribution is 6.07. The molecule has 1 heterocycles. The molecule has 0 saturated heterocycles. The predicted octanol–water partition coefficient (Wildman–Crippen LogP) is 2.59. The Morgan fingerprint density at radius 2 is 1.95 bits per heavy atom. The Balaban J connectivity index is 2.33. The van der Waals surface area contributed by atoms with Crippen LogP contribution in [-0.2, 0) is 0 Å². The van der Waals surface area contributed by atoms with E-state index in [9.17, 15) is 14.9 Å². The zero-order valence-corrected chi connectivity index (χ0v) is 11.6. The molecule has 7 nitrogen and oxygen atoms in total. The molecule has 0 saturated carbocycles. The highest BCUT2D eigenvalue weighted by Gasteiger charge is 2.21. The van der Waals surface area contributed by atoms with E-state index in [-0.39, 0.29) is 11.3 Å². The van der Waals surface area contributed by atoms with Crippen LogP contribution in [0.5, 0.6) is 0 Å². The number of benzene rings is 1. The normalized spacial score (nSPS) is 10.0. The predicted molar refractivity (Wildman–Crippen MR) is 79.6 cm³/mol. The van der Waals surface area contributed by atoms with Gasteiger partial charge in [0.1, 0.15) is 17.6 Å². The second-order valence-electron chi connectivity index (χ2n) is 4.41. The zero-order chi connectivity index (χ0) is 15.4. The van der Waals surface area contributed by atoms with Crippen molar-refractivity contribution in [2.75, 3.05) is 17.7 Å². The summed E-state index contributed by atoms with van der Waals surface area (Å²) >= 11 is 0. The fourth-order valence-electron chi connectivity index (χ4n) is 1.75. The number of nitro groups is 1. The molecule has 0 aliphatic carbocycles. The number of hydrogen-bond acceptors (Lipinski definition) is 5. The van der Waals surface area contributed by atoms with Gasteiger partial charge in [-0.05, 0) is 19.1 Å². The van der Waals surface area contributed by atoms with Crippen LogP contribution in [0.3, 0.4) is 0 Å². The third-order valence-electron chi connectivity index (χ3n) is 2.89. The molecule has 1 aromatic carbocycles. The number of hydrogen-bond donors (Lipinski definition) is 2. The molecule has 0 atom stereocenters. The Kier molecular flexibility index (Phi) is 4.13. The van der Waals surface area contributed by atoms with E-state index in [1.54, 1.807) is 19.2 Å². The van der Waals surface area contributed by atoms with Crippen LogP contribution in [0, 0.1) is 17.0 Å². The number of amides is 1. The van der Waals surface area contributed by atoms with E-state index in [1.165, 1.54) is 6.07 Å². The van der Waals surface area contributed by atoms with Crippen LogP contribution in [0.4, 0.5) is 17.2 Å². The standard InChI is InChI=1S/C14H14N4O3/c1-9-3-5-10(6-4-9)17-14(19)11-7-13(15-2)16-8-12(11)18(20)21/h3-8H,1-2H3,(H,15,16)(H,17,19). The third-order valence-corrected chi connectivity index (χ3v) is 2.89. The van der Waals surface area contributed by atoms with Gasteiger partial charge in [-0.3, -0.25) is 14.9 Å². The maximum atomic E-state index is 12.2. The summed E-state index contributed by atoms with van der Waals surface area (Å²) in [5.74, 6) is -0.167. The summed E-state index contributed by atoms with van der Waals surface area (Å²) in [4.78, 5) is 26.4. The summed E-state index contributed by atoms with van der Waals surface area (Å²) in [6, 6.07) is 8.51. The summed E-state index contributed by atoms with van der Waals surface area (Å²) in [6.45, 7) is 1.93. The lowest BCUT2D eigenvalue weighted by Crippen LogP contribution is -2.14. The Labute approximate surface area is 121 Å². The number of nitrogens with one attached hydrogen (secondary N) is 2. The van der Waals surface area contributed by atoms with Gasteiger partial charge in [0.25, 0.3) is 11.6 Å². The fourth-order valence-corrected chi connectivity index (χ4v) is 1.75. The first-order valence-corrected chi connectivity index (χ1v) is 6.21. The number of pyridine rings is 1. The molecule has 0 unspecified atom stereocenters. The topological polar surface area (TPSA) is 97.2 Å². The second-order valence-corrected chi connectivity index (χ2v) is 4.41. The molecule has 21 heavy (non-hydrogen) atoms. The van der Waals surface area contributed by atoms with Crippen LogP contribution in [0.15, 0.2) is 36.5 Å². The molecule has 0 fully saturated rings. The molecule has 7 heteroatoms. The Morgan fingerprint density at radius 1 is 1.29 bits per heavy atom. The number of rotatable bonds is 4. The average Bonchev–Trinajstić information content (AvgIpc) is 2.48. The summed E-state index contributed by atoms with van der Waals surface area (Å²) < 4.78 is 0. The van der Waals surface area contributed by atoms with Crippen LogP contribution >= 0.6 is 0 Å². The number of carbonyl (C=O) groups is 1. The number of nitrogens with zero attached hydrogens (tertiary/aromatic N) is 2. The molecular formula is C14H14N4O3. The van der Waals surface area contributed by atoms with Crippen LogP contribution in [0.25, 0.3) is 0 Å². The van der Waals surface area contributed by atoms with Gasteiger partial charge >= 0.3 is 0 Å². The molecule has 0 spiro atoms. The third kappa shape index (κ3) is 3.33. The highest BCUT2D eigenvalue weighted by Crippen LogP contribution is 2.21. The SMILES string of the molecule is CNc1cc(C(=O)Nc2ccc(C)cc2)c([N+](=O)[O-])cn1. The van der Waals surface area contributed by atoms with Crippen LogP contribution < -0.4 is 10.6 Å². The summed E-state index contributed by atoms with van der Waals surface area (Å²) in [7, 11) is 1.62. The minimum absolute atomic E-state index is 0.0417. The van der Waals surface area contributed by atoms with E-state index in [4.69, 9.17) is 0 Å². The van der Waals surface area contributed by atoms with Crippen LogP contribution in [-0.4, -0.2) is 22.9 Å². The molecule has 1 amide bonds. The van der Waals surface area contributed by atoms with Gasteiger partial charge in [0.15, 0.2) is 0 Å². The molecule has 2 N–H and O–H groups in total. The van der Waals surface area contributed by atoms with Crippen molar-refractivity contribution in [3.63, 3.8) is 0 Å². The largest absolute Gasteiger partial charge is 0.373 e. The van der Waals surface area contributed by atoms with E-state index < -0.39 is 10.8 Å².